The molecule has 0 heterocycles. The van der Waals surface area contributed by atoms with Crippen molar-refractivity contribution in [2.45, 2.75) is 19.4 Å². The summed E-state index contributed by atoms with van der Waals surface area (Å²) in [6.07, 6.45) is 0.356. The largest absolute Gasteiger partial charge is 0.496 e. The van der Waals surface area contributed by atoms with Crippen LogP contribution in [0.2, 0.25) is 0 Å². The van der Waals surface area contributed by atoms with Crippen LogP contribution in [0.5, 0.6) is 11.5 Å². The number of amides is 1. The Labute approximate surface area is 113 Å². The Morgan fingerprint density at radius 3 is 2.47 bits per heavy atom. The Balaban J connectivity index is 3.02. The molecule has 106 valence electrons. The molecular weight excluding hydrogens is 246 g/mol. The lowest BCUT2D eigenvalue weighted by Gasteiger charge is -2.19. The molecule has 0 saturated carbocycles. The van der Waals surface area contributed by atoms with E-state index in [4.69, 9.17) is 21.1 Å². The first kappa shape index (κ1) is 15.3. The van der Waals surface area contributed by atoms with Crippen molar-refractivity contribution >= 4 is 5.91 Å². The van der Waals surface area contributed by atoms with Crippen LogP contribution in [-0.4, -0.2) is 38.2 Å². The Kier molecular flexibility index (Phi) is 5.14. The van der Waals surface area contributed by atoms with Crippen molar-refractivity contribution in [3.05, 3.63) is 23.3 Å². The summed E-state index contributed by atoms with van der Waals surface area (Å²) in [5.74, 6) is 6.48. The second-order valence-corrected chi connectivity index (χ2v) is 4.34. The number of hydrogen-bond donors (Lipinski definition) is 2. The van der Waals surface area contributed by atoms with Crippen LogP contribution in [0.3, 0.4) is 0 Å². The number of carbonyl (C=O) groups excluding carboxylic acids is 1. The molecule has 1 atom stereocenters. The summed E-state index contributed by atoms with van der Waals surface area (Å²) < 4.78 is 10.6. The number of benzene rings is 1. The molecule has 0 radical (unpaired) electrons. The van der Waals surface area contributed by atoms with Crippen LogP contribution in [0, 0.1) is 6.92 Å². The van der Waals surface area contributed by atoms with Crippen LogP contribution in [0.25, 0.3) is 0 Å². The molecule has 0 fully saturated rings. The molecule has 6 heteroatoms. The Morgan fingerprint density at radius 2 is 2.00 bits per heavy atom. The zero-order chi connectivity index (χ0) is 14.6. The van der Waals surface area contributed by atoms with Crippen molar-refractivity contribution in [2.24, 2.45) is 11.6 Å². The van der Waals surface area contributed by atoms with E-state index in [1.165, 1.54) is 7.05 Å². The molecule has 0 aliphatic carbocycles. The second-order valence-electron chi connectivity index (χ2n) is 4.34. The van der Waals surface area contributed by atoms with E-state index in [1.54, 1.807) is 14.2 Å². The average molecular weight is 267 g/mol. The number of rotatable bonds is 5. The van der Waals surface area contributed by atoms with E-state index in [1.807, 2.05) is 19.1 Å². The van der Waals surface area contributed by atoms with Crippen LogP contribution in [0.4, 0.5) is 0 Å². The first-order valence-corrected chi connectivity index (χ1v) is 5.90. The molecule has 1 rings (SSSR count). The third kappa shape index (κ3) is 3.36. The highest BCUT2D eigenvalue weighted by atomic mass is 16.5. The summed E-state index contributed by atoms with van der Waals surface area (Å²) in [4.78, 5) is 11.7. The van der Waals surface area contributed by atoms with Crippen molar-refractivity contribution in [2.75, 3.05) is 21.3 Å². The standard InChI is InChI=1S/C13H21N3O3/c1-8-11(18-3)6-5-9(12(8)19-4)7-10(14)13(17)16(2)15/h5-6,10H,7,14-15H2,1-4H3. The molecule has 1 aromatic carbocycles. The number of hydrazine groups is 1. The number of carbonyl (C=O) groups is 1. The van der Waals surface area contributed by atoms with Crippen molar-refractivity contribution < 1.29 is 14.3 Å². The normalized spacial score (nSPS) is 11.9. The van der Waals surface area contributed by atoms with Gasteiger partial charge in [-0.1, -0.05) is 6.07 Å². The molecule has 4 N–H and O–H groups in total. The number of ether oxygens (including phenoxy) is 2. The van der Waals surface area contributed by atoms with Gasteiger partial charge in [-0.05, 0) is 18.6 Å². The van der Waals surface area contributed by atoms with Gasteiger partial charge in [0.25, 0.3) is 5.91 Å². The maximum atomic E-state index is 11.7. The molecule has 0 saturated heterocycles. The lowest BCUT2D eigenvalue weighted by molar-refractivity contribution is -0.131. The third-order valence-corrected chi connectivity index (χ3v) is 2.97. The highest BCUT2D eigenvalue weighted by molar-refractivity contribution is 5.81. The first-order valence-electron chi connectivity index (χ1n) is 5.90. The van der Waals surface area contributed by atoms with E-state index < -0.39 is 6.04 Å². The van der Waals surface area contributed by atoms with Crippen LogP contribution < -0.4 is 21.1 Å². The van der Waals surface area contributed by atoms with Gasteiger partial charge >= 0.3 is 0 Å². The predicted octanol–water partition coefficient (Wildman–Crippen LogP) is 0.214. The van der Waals surface area contributed by atoms with E-state index in [0.29, 0.717) is 12.2 Å². The summed E-state index contributed by atoms with van der Waals surface area (Å²) in [5.41, 5.74) is 7.56. The van der Waals surface area contributed by atoms with E-state index in [2.05, 4.69) is 0 Å². The van der Waals surface area contributed by atoms with Crippen molar-refractivity contribution in [3.8, 4) is 11.5 Å². The molecule has 0 aliphatic rings. The minimum Gasteiger partial charge on any atom is -0.496 e. The molecule has 1 amide bonds. The summed E-state index contributed by atoms with van der Waals surface area (Å²) in [5, 5.41) is 0.994. The van der Waals surface area contributed by atoms with Gasteiger partial charge in [0.2, 0.25) is 0 Å². The van der Waals surface area contributed by atoms with E-state index in [0.717, 1.165) is 21.9 Å². The molecule has 0 aliphatic heterocycles. The second kappa shape index (κ2) is 6.40. The number of hydrogen-bond acceptors (Lipinski definition) is 5. The number of nitrogens with two attached hydrogens (primary N) is 2. The van der Waals surface area contributed by atoms with E-state index in [-0.39, 0.29) is 5.91 Å². The van der Waals surface area contributed by atoms with Gasteiger partial charge in [0, 0.05) is 19.0 Å². The maximum absolute atomic E-state index is 11.7. The van der Waals surface area contributed by atoms with E-state index in [9.17, 15) is 4.79 Å². The summed E-state index contributed by atoms with van der Waals surface area (Å²) in [7, 11) is 4.65. The highest BCUT2D eigenvalue weighted by Gasteiger charge is 2.20. The SMILES string of the molecule is COc1ccc(CC(N)C(=O)N(C)N)c(OC)c1C. The fourth-order valence-corrected chi connectivity index (χ4v) is 1.98. The monoisotopic (exact) mass is 267 g/mol. The van der Waals surface area contributed by atoms with Gasteiger partial charge in [0.1, 0.15) is 11.5 Å². The topological polar surface area (TPSA) is 90.8 Å². The van der Waals surface area contributed by atoms with Gasteiger partial charge in [-0.2, -0.15) is 0 Å². The number of nitrogens with zero attached hydrogens (tertiary/aromatic N) is 1. The fourth-order valence-electron chi connectivity index (χ4n) is 1.98. The van der Waals surface area contributed by atoms with Crippen LogP contribution >= 0.6 is 0 Å². The van der Waals surface area contributed by atoms with Crippen LogP contribution in [-0.2, 0) is 11.2 Å². The molecule has 6 nitrogen and oxygen atoms in total. The number of methoxy groups -OCH3 is 2. The van der Waals surface area contributed by atoms with Crippen LogP contribution in [0.1, 0.15) is 11.1 Å². The molecule has 1 unspecified atom stereocenters. The van der Waals surface area contributed by atoms with Crippen molar-refractivity contribution in [1.29, 1.82) is 0 Å². The number of likely N-dealkylation sites (N-methyl/N-ethyl adjacent to an activating group) is 1. The van der Waals surface area contributed by atoms with Gasteiger partial charge in [0.05, 0.1) is 20.3 Å². The summed E-state index contributed by atoms with van der Waals surface area (Å²) >= 11 is 0. The lowest BCUT2D eigenvalue weighted by Crippen LogP contribution is -2.46. The Morgan fingerprint density at radius 1 is 1.37 bits per heavy atom. The van der Waals surface area contributed by atoms with Gasteiger partial charge in [-0.25, -0.2) is 5.84 Å². The first-order chi connectivity index (χ1) is 8.92. The smallest absolute Gasteiger partial charge is 0.253 e. The zero-order valence-corrected chi connectivity index (χ0v) is 11.8. The van der Waals surface area contributed by atoms with Crippen molar-refractivity contribution in [3.63, 3.8) is 0 Å². The zero-order valence-electron chi connectivity index (χ0n) is 11.8. The van der Waals surface area contributed by atoms with Crippen LogP contribution in [0.15, 0.2) is 12.1 Å². The molecule has 1 aromatic rings. The van der Waals surface area contributed by atoms with Gasteiger partial charge in [0.15, 0.2) is 0 Å². The lowest BCUT2D eigenvalue weighted by atomic mass is 10.0. The quantitative estimate of drug-likeness (QED) is 0.452. The average Bonchev–Trinajstić information content (AvgIpc) is 2.38. The Hall–Kier alpha value is -1.79. The van der Waals surface area contributed by atoms with Crippen molar-refractivity contribution in [1.82, 2.24) is 5.01 Å². The molecule has 0 bridgehead atoms. The molecule has 0 aromatic heterocycles. The van der Waals surface area contributed by atoms with Gasteiger partial charge in [-0.3, -0.25) is 9.80 Å². The minimum absolute atomic E-state index is 0.324. The molecular formula is C13H21N3O3. The Bertz CT molecular complexity index is 461. The molecule has 0 spiro atoms. The van der Waals surface area contributed by atoms with E-state index >= 15 is 0 Å². The van der Waals surface area contributed by atoms with Gasteiger partial charge < -0.3 is 15.2 Å². The van der Waals surface area contributed by atoms with Gasteiger partial charge in [-0.15, -0.1) is 0 Å². The minimum atomic E-state index is -0.698. The summed E-state index contributed by atoms with van der Waals surface area (Å²) in [6, 6.07) is 2.97. The summed E-state index contributed by atoms with van der Waals surface area (Å²) in [6.45, 7) is 1.89. The maximum Gasteiger partial charge on any atom is 0.253 e. The predicted molar refractivity (Wildman–Crippen MR) is 72.9 cm³/mol. The highest BCUT2D eigenvalue weighted by Crippen LogP contribution is 2.31. The third-order valence-electron chi connectivity index (χ3n) is 2.97. The fraction of sp³-hybridized carbons (Fsp3) is 0.462. The molecule has 19 heavy (non-hydrogen) atoms.